The van der Waals surface area contributed by atoms with E-state index in [0.717, 1.165) is 22.7 Å². The molecule has 0 N–H and O–H groups in total. The Kier molecular flexibility index (Phi) is 3.09. The normalized spacial score (nSPS) is 10.9. The van der Waals surface area contributed by atoms with Gasteiger partial charge in [0.05, 0.1) is 17.8 Å². The van der Waals surface area contributed by atoms with E-state index < -0.39 is 0 Å². The molecule has 2 heterocycles. The van der Waals surface area contributed by atoms with Crippen LogP contribution in [0, 0.1) is 0 Å². The van der Waals surface area contributed by atoms with Crippen LogP contribution in [0.3, 0.4) is 0 Å². The maximum Gasteiger partial charge on any atom is 0.156 e. The van der Waals surface area contributed by atoms with Crippen molar-refractivity contribution in [1.29, 1.82) is 0 Å². The fraction of sp³-hybridized carbons (Fsp3) is 0.0714. The van der Waals surface area contributed by atoms with Crippen molar-refractivity contribution in [3.05, 3.63) is 52.8 Å². The third kappa shape index (κ3) is 2.15. The summed E-state index contributed by atoms with van der Waals surface area (Å²) in [4.78, 5) is 4.31. The van der Waals surface area contributed by atoms with E-state index in [1.165, 1.54) is 0 Å². The molecular weight excluding hydrogens is 283 g/mol. The minimum absolute atomic E-state index is 0.451. The summed E-state index contributed by atoms with van der Waals surface area (Å²) >= 11 is 12.2. The van der Waals surface area contributed by atoms with Crippen LogP contribution in [0.5, 0.6) is 5.75 Å². The zero-order chi connectivity index (χ0) is 13.4. The first kappa shape index (κ1) is 12.3. The predicted octanol–water partition coefficient (Wildman–Crippen LogP) is 4.32. The zero-order valence-corrected chi connectivity index (χ0v) is 11.6. The van der Waals surface area contributed by atoms with E-state index in [-0.39, 0.29) is 0 Å². The number of ether oxygens (including phenoxy) is 1. The number of fused-ring (bicyclic) bond motifs is 1. The second-order valence-electron chi connectivity index (χ2n) is 4.06. The van der Waals surface area contributed by atoms with E-state index in [0.29, 0.717) is 10.2 Å². The minimum atomic E-state index is 0.451. The lowest BCUT2D eigenvalue weighted by molar-refractivity contribution is 0.415. The van der Waals surface area contributed by atoms with Gasteiger partial charge < -0.3 is 4.74 Å². The Hall–Kier alpha value is -1.71. The molecule has 0 radical (unpaired) electrons. The van der Waals surface area contributed by atoms with Crippen LogP contribution in [0.1, 0.15) is 0 Å². The largest absolute Gasteiger partial charge is 0.497 e. The van der Waals surface area contributed by atoms with Crippen LogP contribution in [-0.4, -0.2) is 16.5 Å². The molecule has 96 valence electrons. The highest BCUT2D eigenvalue weighted by Gasteiger charge is 2.12. The topological polar surface area (TPSA) is 26.5 Å². The van der Waals surface area contributed by atoms with E-state index in [4.69, 9.17) is 27.9 Å². The smallest absolute Gasteiger partial charge is 0.156 e. The summed E-state index contributed by atoms with van der Waals surface area (Å²) in [7, 11) is 1.63. The van der Waals surface area contributed by atoms with Gasteiger partial charge in [-0.05, 0) is 36.4 Å². The van der Waals surface area contributed by atoms with Gasteiger partial charge in [-0.3, -0.25) is 4.40 Å². The standard InChI is InChI=1S/C14H10Cl2N2O/c1-19-11-5-2-9(3-6-11)13-14(16)17-12-7-4-10(15)8-18(12)13/h2-8H,1H3. The van der Waals surface area contributed by atoms with Crippen LogP contribution >= 0.6 is 23.2 Å². The van der Waals surface area contributed by atoms with Gasteiger partial charge in [-0.2, -0.15) is 0 Å². The maximum atomic E-state index is 6.22. The molecule has 3 aromatic rings. The minimum Gasteiger partial charge on any atom is -0.497 e. The third-order valence-corrected chi connectivity index (χ3v) is 3.39. The van der Waals surface area contributed by atoms with Gasteiger partial charge in [0.15, 0.2) is 5.15 Å². The summed E-state index contributed by atoms with van der Waals surface area (Å²) in [6.45, 7) is 0. The first-order chi connectivity index (χ1) is 9.19. The van der Waals surface area contributed by atoms with Crippen molar-refractivity contribution in [2.45, 2.75) is 0 Å². The molecule has 0 fully saturated rings. The number of pyridine rings is 1. The van der Waals surface area contributed by atoms with E-state index in [1.807, 2.05) is 34.7 Å². The van der Waals surface area contributed by atoms with Crippen LogP contribution in [0.4, 0.5) is 0 Å². The Morgan fingerprint density at radius 1 is 1.05 bits per heavy atom. The van der Waals surface area contributed by atoms with Crippen LogP contribution < -0.4 is 4.74 Å². The van der Waals surface area contributed by atoms with E-state index in [1.54, 1.807) is 19.4 Å². The fourth-order valence-corrected chi connectivity index (χ4v) is 2.44. The predicted molar refractivity (Wildman–Crippen MR) is 77.2 cm³/mol. The third-order valence-electron chi connectivity index (χ3n) is 2.90. The van der Waals surface area contributed by atoms with Crippen molar-refractivity contribution in [3.8, 4) is 17.0 Å². The van der Waals surface area contributed by atoms with Crippen LogP contribution in [0.25, 0.3) is 16.9 Å². The second-order valence-corrected chi connectivity index (χ2v) is 4.85. The quantitative estimate of drug-likeness (QED) is 0.703. The summed E-state index contributed by atoms with van der Waals surface area (Å²) in [6, 6.07) is 11.3. The van der Waals surface area contributed by atoms with Gasteiger partial charge in [-0.1, -0.05) is 23.2 Å². The zero-order valence-electron chi connectivity index (χ0n) is 10.1. The van der Waals surface area contributed by atoms with Crippen molar-refractivity contribution in [1.82, 2.24) is 9.38 Å². The molecule has 0 amide bonds. The SMILES string of the molecule is COc1ccc(-c2c(Cl)nc3ccc(Cl)cn23)cc1. The van der Waals surface area contributed by atoms with Crippen LogP contribution in [0.15, 0.2) is 42.6 Å². The molecule has 19 heavy (non-hydrogen) atoms. The number of halogens is 2. The van der Waals surface area contributed by atoms with Crippen molar-refractivity contribution in [2.24, 2.45) is 0 Å². The van der Waals surface area contributed by atoms with E-state index >= 15 is 0 Å². The molecule has 0 bridgehead atoms. The number of imidazole rings is 1. The number of rotatable bonds is 2. The molecule has 0 aliphatic carbocycles. The van der Waals surface area contributed by atoms with Crippen molar-refractivity contribution in [3.63, 3.8) is 0 Å². The molecule has 3 nitrogen and oxygen atoms in total. The molecule has 0 saturated heterocycles. The molecule has 0 saturated carbocycles. The van der Waals surface area contributed by atoms with E-state index in [9.17, 15) is 0 Å². The summed E-state index contributed by atoms with van der Waals surface area (Å²) in [5.41, 5.74) is 2.54. The summed E-state index contributed by atoms with van der Waals surface area (Å²) in [6.07, 6.45) is 1.80. The molecule has 5 heteroatoms. The Morgan fingerprint density at radius 3 is 2.47 bits per heavy atom. The van der Waals surface area contributed by atoms with Gasteiger partial charge in [-0.25, -0.2) is 4.98 Å². The highest BCUT2D eigenvalue weighted by atomic mass is 35.5. The molecule has 0 aliphatic heterocycles. The van der Waals surface area contributed by atoms with Gasteiger partial charge in [0.2, 0.25) is 0 Å². The number of aromatic nitrogens is 2. The number of methoxy groups -OCH3 is 1. The number of nitrogens with zero attached hydrogens (tertiary/aromatic N) is 2. The van der Waals surface area contributed by atoms with Crippen LogP contribution in [-0.2, 0) is 0 Å². The Bertz CT molecular complexity index is 735. The lowest BCUT2D eigenvalue weighted by Gasteiger charge is -2.04. The van der Waals surface area contributed by atoms with Crippen molar-refractivity contribution >= 4 is 28.8 Å². The lowest BCUT2D eigenvalue weighted by Crippen LogP contribution is -1.89. The molecule has 0 unspecified atom stereocenters. The molecule has 1 aromatic carbocycles. The van der Waals surface area contributed by atoms with Crippen molar-refractivity contribution in [2.75, 3.05) is 7.11 Å². The second kappa shape index (κ2) is 4.76. The number of hydrogen-bond donors (Lipinski definition) is 0. The van der Waals surface area contributed by atoms with Gasteiger partial charge in [0.25, 0.3) is 0 Å². The van der Waals surface area contributed by atoms with Crippen LogP contribution in [0.2, 0.25) is 10.2 Å². The Morgan fingerprint density at radius 2 is 1.79 bits per heavy atom. The maximum absolute atomic E-state index is 6.22. The molecular formula is C14H10Cl2N2O. The highest BCUT2D eigenvalue weighted by molar-refractivity contribution is 6.32. The first-order valence-corrected chi connectivity index (χ1v) is 6.42. The number of hydrogen-bond acceptors (Lipinski definition) is 2. The Labute approximate surface area is 120 Å². The summed E-state index contributed by atoms with van der Waals surface area (Å²) in [5, 5.41) is 1.09. The summed E-state index contributed by atoms with van der Waals surface area (Å²) < 4.78 is 7.03. The first-order valence-electron chi connectivity index (χ1n) is 5.66. The molecule has 3 rings (SSSR count). The average Bonchev–Trinajstić information content (AvgIpc) is 2.74. The van der Waals surface area contributed by atoms with E-state index in [2.05, 4.69) is 4.98 Å². The number of benzene rings is 1. The highest BCUT2D eigenvalue weighted by Crippen LogP contribution is 2.30. The van der Waals surface area contributed by atoms with Gasteiger partial charge in [0, 0.05) is 11.8 Å². The average molecular weight is 293 g/mol. The van der Waals surface area contributed by atoms with Gasteiger partial charge >= 0.3 is 0 Å². The monoisotopic (exact) mass is 292 g/mol. The van der Waals surface area contributed by atoms with Crippen molar-refractivity contribution < 1.29 is 4.74 Å². The molecule has 0 atom stereocenters. The van der Waals surface area contributed by atoms with Gasteiger partial charge in [-0.15, -0.1) is 0 Å². The molecule has 2 aromatic heterocycles. The Balaban J connectivity index is 2.22. The molecule has 0 aliphatic rings. The molecule has 0 spiro atoms. The summed E-state index contributed by atoms with van der Waals surface area (Å²) in [5.74, 6) is 0.798. The fourth-order valence-electron chi connectivity index (χ4n) is 2.00. The lowest BCUT2D eigenvalue weighted by atomic mass is 10.1. The van der Waals surface area contributed by atoms with Gasteiger partial charge in [0.1, 0.15) is 11.4 Å².